The van der Waals surface area contributed by atoms with Crippen LogP contribution in [-0.4, -0.2) is 166 Å². The number of alkyl halides is 6. The second-order valence-electron chi connectivity index (χ2n) is 31.0. The number of halogens is 6. The zero-order valence-electron chi connectivity index (χ0n) is 63.1. The van der Waals surface area contributed by atoms with Crippen LogP contribution in [0.5, 0.6) is 0 Å². The summed E-state index contributed by atoms with van der Waals surface area (Å²) in [4.78, 5) is 77.8. The van der Waals surface area contributed by atoms with E-state index in [1.54, 1.807) is 47.2 Å². The number of nitrogens with one attached hydrogen (secondary N) is 3. The maximum absolute atomic E-state index is 14.0. The molecule has 0 unspecified atom stereocenters. The Hall–Kier alpha value is -9.54. The lowest BCUT2D eigenvalue weighted by Gasteiger charge is -2.36. The number of carbonyl (C=O) groups is 3. The van der Waals surface area contributed by atoms with Crippen molar-refractivity contribution in [3.8, 4) is 44.3 Å². The topological polar surface area (TPSA) is 220 Å². The van der Waals surface area contributed by atoms with Gasteiger partial charge in [-0.3, -0.25) is 15.0 Å². The van der Waals surface area contributed by atoms with Crippen molar-refractivity contribution in [1.29, 1.82) is 0 Å². The third kappa shape index (κ3) is 14.4. The first-order valence-corrected chi connectivity index (χ1v) is 39.3. The van der Waals surface area contributed by atoms with E-state index in [1.165, 1.54) is 0 Å². The van der Waals surface area contributed by atoms with Crippen molar-refractivity contribution >= 4 is 61.7 Å². The fourth-order valence-electron chi connectivity index (χ4n) is 17.7. The Kier molecular flexibility index (Phi) is 20.3. The number of aromatic nitrogens is 10. The molecule has 3 saturated carbocycles. The van der Waals surface area contributed by atoms with E-state index in [1.807, 2.05) is 45.6 Å². The normalized spacial score (nSPS) is 19.3. The number of urea groups is 3. The van der Waals surface area contributed by atoms with Crippen molar-refractivity contribution in [2.24, 2.45) is 0 Å². The molecule has 3 aromatic carbocycles. The van der Waals surface area contributed by atoms with Gasteiger partial charge in [-0.2, -0.15) is 0 Å². The van der Waals surface area contributed by atoms with Gasteiger partial charge < -0.3 is 53.8 Å². The van der Waals surface area contributed by atoms with Crippen LogP contribution in [0.1, 0.15) is 174 Å². The highest BCUT2D eigenvalue weighted by Crippen LogP contribution is 2.52. The highest BCUT2D eigenvalue weighted by Gasteiger charge is 2.50. The summed E-state index contributed by atoms with van der Waals surface area (Å²) in [5.74, 6) is -5.34. The van der Waals surface area contributed by atoms with E-state index in [0.29, 0.717) is 95.2 Å². The lowest BCUT2D eigenvalue weighted by atomic mass is 9.80. The van der Waals surface area contributed by atoms with Gasteiger partial charge in [0.25, 0.3) is 0 Å². The smallest absolute Gasteiger partial charge is 0.317 e. The first-order valence-electron chi connectivity index (χ1n) is 38.5. The van der Waals surface area contributed by atoms with Crippen molar-refractivity contribution in [2.45, 2.75) is 191 Å². The Morgan fingerprint density at radius 3 is 1.15 bits per heavy atom. The van der Waals surface area contributed by atoms with E-state index < -0.39 is 17.8 Å². The molecule has 8 aliphatic rings. The van der Waals surface area contributed by atoms with Crippen molar-refractivity contribution in [3.05, 3.63) is 147 Å². The molecule has 3 aliphatic carbocycles. The molecule has 0 spiro atoms. The zero-order chi connectivity index (χ0) is 76.7. The third-order valence-electron chi connectivity index (χ3n) is 23.8. The molecule has 578 valence electrons. The number of rotatable bonds is 9. The molecule has 5 fully saturated rings. The maximum atomic E-state index is 14.0. The summed E-state index contributed by atoms with van der Waals surface area (Å²) in [5, 5.41) is 15.3. The van der Waals surface area contributed by atoms with E-state index >= 15 is 0 Å². The number of hydrogen-bond donors (Lipinski definition) is 3. The Labute approximate surface area is 638 Å². The molecule has 18 rings (SSSR count). The number of hydrogen-bond acceptors (Lipinski definition) is 13. The molecule has 0 radical (unpaired) electrons. The summed E-state index contributed by atoms with van der Waals surface area (Å²) in [6.07, 6.45) is 11.4. The molecule has 110 heavy (non-hydrogen) atoms. The predicted octanol–water partition coefficient (Wildman–Crippen LogP) is 16.2. The summed E-state index contributed by atoms with van der Waals surface area (Å²) < 4.78 is 101. The Balaban J connectivity index is 0.000000125. The van der Waals surface area contributed by atoms with E-state index in [0.717, 1.165) is 185 Å². The minimum Gasteiger partial charge on any atom is -0.381 e. The molecule has 10 aromatic rings. The molecule has 28 heteroatoms. The first kappa shape index (κ1) is 74.5. The Morgan fingerprint density at radius 1 is 0.436 bits per heavy atom. The lowest BCUT2D eigenvalue weighted by molar-refractivity contribution is -0.0898. The summed E-state index contributed by atoms with van der Waals surface area (Å²) >= 11 is 1.60. The average molecular weight is 1530 g/mol. The zero-order valence-corrected chi connectivity index (χ0v) is 63.9. The maximum Gasteiger partial charge on any atom is 0.317 e. The van der Waals surface area contributed by atoms with Crippen LogP contribution in [0.3, 0.4) is 0 Å². The number of ether oxygens (including phenoxy) is 2. The first-order chi connectivity index (χ1) is 52.9. The van der Waals surface area contributed by atoms with Crippen LogP contribution < -0.4 is 16.0 Å². The van der Waals surface area contributed by atoms with Gasteiger partial charge in [-0.15, -0.1) is 11.3 Å². The van der Waals surface area contributed by atoms with Gasteiger partial charge in [-0.1, -0.05) is 36.4 Å². The van der Waals surface area contributed by atoms with Gasteiger partial charge in [0.2, 0.25) is 17.8 Å². The number of aryl methyl sites for hydroxylation is 4. The summed E-state index contributed by atoms with van der Waals surface area (Å²) in [7, 11) is 4.87. The van der Waals surface area contributed by atoms with Crippen LogP contribution in [0.4, 0.5) is 40.7 Å². The number of amides is 6. The van der Waals surface area contributed by atoms with Crippen molar-refractivity contribution in [1.82, 2.24) is 79.2 Å². The van der Waals surface area contributed by atoms with Gasteiger partial charge in [0.15, 0.2) is 0 Å². The van der Waals surface area contributed by atoms with Crippen molar-refractivity contribution in [3.63, 3.8) is 0 Å². The molecule has 7 aromatic heterocycles. The monoisotopic (exact) mass is 1530 g/mol. The van der Waals surface area contributed by atoms with Crippen LogP contribution >= 0.6 is 11.3 Å². The molecule has 6 amide bonds. The van der Waals surface area contributed by atoms with Crippen molar-refractivity contribution < 1.29 is 50.2 Å². The standard InChI is InChI=1S/C29H35F2N5O2.C27H31F2N5O2.C26H26F2N6OS/c1-18-3-4-21-15-23(19-7-13-38-14-8-19)33-16-22(21)25(18)26-24-17-35(28(37)32-2)11-12-36(24)27(34-26)20-5-9-29(30,31)10-6-20;1-16-3-4-18-11-21(17-5-9-36-10-6-17)31-14-20(18)23(16)24-22-15-33(26(35)30-2)7-8-34(22)25(32-24)19-12-27(28,29)13-19;1-14-4-5-16-8-19(21-12-30-15(2)36-21)31-11-18(16)22(14)23-20-13-33(25(35)29-3)6-7-34(20)24(32-23)17-9-26(27,28)10-17/h3-4,15-16,19-20H,5-14,17H2,1-2H3,(H,32,37);3-4,11,14,17,19H,5-10,12-13,15H2,1-2H3,(H,30,35);4-5,8,11-12,17H,6-7,9-10,13H2,1-3H3,(H,29,35). The number of nitrogens with zero attached hydrogens (tertiary/aromatic N) is 13. The van der Waals surface area contributed by atoms with Gasteiger partial charge in [-0.25, -0.2) is 60.7 Å². The molecule has 5 aliphatic heterocycles. The summed E-state index contributed by atoms with van der Waals surface area (Å²) in [5.41, 5.74) is 14.2. The van der Waals surface area contributed by atoms with E-state index in [4.69, 9.17) is 39.4 Å². The molecule has 0 bridgehead atoms. The van der Waals surface area contributed by atoms with Gasteiger partial charge in [0.05, 0.1) is 69.4 Å². The summed E-state index contributed by atoms with van der Waals surface area (Å²) in [6, 6.07) is 18.6. The SMILES string of the molecule is CNC(=O)N1CCn2c(C3CC(F)(F)C3)nc(-c3c(C)ccc4cc(-c5cnc(C)s5)ncc34)c2C1.CNC(=O)N1CCn2c(C3CC(F)(F)C3)nc(-c3c(C)ccc4cc(C5CCOCC5)ncc34)c2C1.CNC(=O)N1CCn2c(C3CCC(F)(F)CC3)nc(-c3c(C)ccc4cc(C5CCOCC5)ncc34)c2C1. The van der Waals surface area contributed by atoms with Gasteiger partial charge in [0, 0.05) is 224 Å². The molecule has 21 nitrogen and oxygen atoms in total. The number of thiazole rings is 1. The molecular weight excluding hydrogens is 1440 g/mol. The Morgan fingerprint density at radius 2 is 0.800 bits per heavy atom. The molecule has 0 atom stereocenters. The number of carbonyl (C=O) groups excluding carboxylic acids is 3. The van der Waals surface area contributed by atoms with Crippen LogP contribution in [-0.2, 0) is 48.7 Å². The van der Waals surface area contributed by atoms with Crippen LogP contribution in [0, 0.1) is 27.7 Å². The second kappa shape index (κ2) is 29.9. The van der Waals surface area contributed by atoms with Gasteiger partial charge in [0.1, 0.15) is 17.5 Å². The highest BCUT2D eigenvalue weighted by atomic mass is 32.1. The number of fused-ring (bicyclic) bond motifs is 6. The minimum atomic E-state index is -2.63. The number of imidazole rings is 3. The predicted molar refractivity (Wildman–Crippen MR) is 409 cm³/mol. The lowest BCUT2D eigenvalue weighted by Crippen LogP contribution is -2.43. The molecular formula is C82H92F6N16O5S. The minimum absolute atomic E-state index is 0.0118. The van der Waals surface area contributed by atoms with Crippen LogP contribution in [0.15, 0.2) is 79.4 Å². The largest absolute Gasteiger partial charge is 0.381 e. The fraction of sp³-hybridized carbons (Fsp3) is 0.488. The number of benzene rings is 3. The third-order valence-corrected chi connectivity index (χ3v) is 24.8. The highest BCUT2D eigenvalue weighted by molar-refractivity contribution is 7.15. The van der Waals surface area contributed by atoms with Crippen LogP contribution in [0.2, 0.25) is 0 Å². The molecule has 12 heterocycles. The average Bonchev–Trinajstić information content (AvgIpc) is 1.59. The fourth-order valence-corrected chi connectivity index (χ4v) is 18.5. The number of pyridine rings is 3. The summed E-state index contributed by atoms with van der Waals surface area (Å²) in [6.45, 7) is 15.6. The second-order valence-corrected chi connectivity index (χ2v) is 32.2. The Bertz CT molecular complexity index is 5190. The van der Waals surface area contributed by atoms with Crippen molar-refractivity contribution in [2.75, 3.05) is 67.2 Å². The molecule has 2 saturated heterocycles. The van der Waals surface area contributed by atoms with Gasteiger partial charge in [-0.05, 0) is 117 Å². The van der Waals surface area contributed by atoms with E-state index in [-0.39, 0.29) is 74.4 Å². The van der Waals surface area contributed by atoms with Crippen LogP contribution in [0.25, 0.3) is 76.7 Å². The molecule has 3 N–H and O–H groups in total. The van der Waals surface area contributed by atoms with E-state index in [9.17, 15) is 40.7 Å². The quantitative estimate of drug-likeness (QED) is 0.115. The van der Waals surface area contributed by atoms with E-state index in [2.05, 4.69) is 96.2 Å². The van der Waals surface area contributed by atoms with Gasteiger partial charge >= 0.3 is 18.1 Å².